The van der Waals surface area contributed by atoms with Crippen molar-refractivity contribution in [3.05, 3.63) is 65.7 Å². The summed E-state index contributed by atoms with van der Waals surface area (Å²) < 4.78 is 37.4. The molecule has 2 rings (SSSR count). The number of rotatable bonds is 6. The quantitative estimate of drug-likeness (QED) is 0.785. The molecule has 2 aromatic carbocycles. The monoisotopic (exact) mass is 350 g/mol. The van der Waals surface area contributed by atoms with E-state index < -0.39 is 30.0 Å². The molecule has 0 unspecified atom stereocenters. The van der Waals surface area contributed by atoms with Gasteiger partial charge in [0.05, 0.1) is 5.56 Å². The van der Waals surface area contributed by atoms with Crippen LogP contribution >= 0.6 is 0 Å². The Labute approximate surface area is 143 Å². The third-order valence-electron chi connectivity index (χ3n) is 3.40. The second-order valence-electron chi connectivity index (χ2n) is 5.39. The summed E-state index contributed by atoms with van der Waals surface area (Å²) in [6, 6.07) is 13.6. The fourth-order valence-electron chi connectivity index (χ4n) is 2.15. The Morgan fingerprint density at radius 1 is 0.880 bits per heavy atom. The Bertz CT molecular complexity index is 713. The molecule has 0 saturated heterocycles. The number of benzene rings is 2. The second-order valence-corrected chi connectivity index (χ2v) is 5.39. The molecular formula is C18H17F3N2O2. The molecule has 7 heteroatoms. The van der Waals surface area contributed by atoms with Gasteiger partial charge in [-0.05, 0) is 36.2 Å². The zero-order chi connectivity index (χ0) is 18.3. The fourth-order valence-corrected chi connectivity index (χ4v) is 2.15. The van der Waals surface area contributed by atoms with E-state index in [9.17, 15) is 22.8 Å². The van der Waals surface area contributed by atoms with Crippen LogP contribution in [0.25, 0.3) is 0 Å². The molecule has 0 heterocycles. The van der Waals surface area contributed by atoms with Crippen LogP contribution in [0, 0.1) is 0 Å². The minimum absolute atomic E-state index is 0.204. The van der Waals surface area contributed by atoms with Crippen LogP contribution in [-0.4, -0.2) is 18.4 Å². The Kier molecular flexibility index (Phi) is 6.16. The van der Waals surface area contributed by atoms with Crippen LogP contribution in [0.3, 0.4) is 0 Å². The first-order valence-corrected chi connectivity index (χ1v) is 7.62. The molecule has 0 saturated carbocycles. The van der Waals surface area contributed by atoms with Gasteiger partial charge < -0.3 is 10.6 Å². The number of alkyl halides is 3. The van der Waals surface area contributed by atoms with Gasteiger partial charge in [0.2, 0.25) is 11.8 Å². The molecule has 2 N–H and O–H groups in total. The molecule has 0 fully saturated rings. The van der Waals surface area contributed by atoms with Crippen LogP contribution in [0.1, 0.15) is 17.5 Å². The maximum atomic E-state index is 12.5. The summed E-state index contributed by atoms with van der Waals surface area (Å²) in [6.07, 6.45) is -4.18. The molecule has 2 aromatic rings. The predicted molar refractivity (Wildman–Crippen MR) is 87.8 cm³/mol. The zero-order valence-corrected chi connectivity index (χ0v) is 13.3. The lowest BCUT2D eigenvalue weighted by Crippen LogP contribution is -2.29. The van der Waals surface area contributed by atoms with E-state index in [-0.39, 0.29) is 5.69 Å². The van der Waals surface area contributed by atoms with Gasteiger partial charge in [-0.2, -0.15) is 13.2 Å². The SMILES string of the molecule is O=C(CC(=O)Nc1ccc(C(F)(F)F)cc1)NCCc1ccccc1. The van der Waals surface area contributed by atoms with Crippen LogP contribution in [0.15, 0.2) is 54.6 Å². The minimum atomic E-state index is -4.43. The number of halogens is 3. The number of carbonyl (C=O) groups excluding carboxylic acids is 2. The molecule has 132 valence electrons. The molecule has 0 aliphatic carbocycles. The van der Waals surface area contributed by atoms with Gasteiger partial charge in [-0.3, -0.25) is 9.59 Å². The number of hydrogen-bond acceptors (Lipinski definition) is 2. The van der Waals surface area contributed by atoms with Crippen molar-refractivity contribution in [1.29, 1.82) is 0 Å². The van der Waals surface area contributed by atoms with E-state index in [0.717, 1.165) is 29.8 Å². The highest BCUT2D eigenvalue weighted by Crippen LogP contribution is 2.29. The maximum Gasteiger partial charge on any atom is 0.416 e. The largest absolute Gasteiger partial charge is 0.416 e. The van der Waals surface area contributed by atoms with Crippen LogP contribution < -0.4 is 10.6 Å². The lowest BCUT2D eigenvalue weighted by molar-refractivity contribution is -0.137. The van der Waals surface area contributed by atoms with Crippen molar-refractivity contribution < 1.29 is 22.8 Å². The van der Waals surface area contributed by atoms with Crippen molar-refractivity contribution in [1.82, 2.24) is 5.32 Å². The molecule has 4 nitrogen and oxygen atoms in total. The van der Waals surface area contributed by atoms with E-state index >= 15 is 0 Å². The summed E-state index contributed by atoms with van der Waals surface area (Å²) in [4.78, 5) is 23.4. The van der Waals surface area contributed by atoms with Gasteiger partial charge in [0, 0.05) is 12.2 Å². The Morgan fingerprint density at radius 2 is 1.52 bits per heavy atom. The summed E-state index contributed by atoms with van der Waals surface area (Å²) >= 11 is 0. The van der Waals surface area contributed by atoms with E-state index in [1.807, 2.05) is 30.3 Å². The lowest BCUT2D eigenvalue weighted by Gasteiger charge is -2.09. The summed E-state index contributed by atoms with van der Waals surface area (Å²) in [7, 11) is 0. The molecule has 0 bridgehead atoms. The van der Waals surface area contributed by atoms with E-state index in [0.29, 0.717) is 13.0 Å². The Morgan fingerprint density at radius 3 is 2.12 bits per heavy atom. The van der Waals surface area contributed by atoms with Gasteiger partial charge in [0.15, 0.2) is 0 Å². The minimum Gasteiger partial charge on any atom is -0.355 e. The third kappa shape index (κ3) is 6.29. The molecule has 0 aromatic heterocycles. The lowest BCUT2D eigenvalue weighted by atomic mass is 10.1. The summed E-state index contributed by atoms with van der Waals surface area (Å²) in [6.45, 7) is 0.399. The second kappa shape index (κ2) is 8.32. The number of amides is 2. The Balaban J connectivity index is 1.75. The molecule has 0 atom stereocenters. The predicted octanol–water partition coefficient (Wildman–Crippen LogP) is 3.39. The molecule has 0 spiro atoms. The van der Waals surface area contributed by atoms with Crippen LogP contribution in [0.5, 0.6) is 0 Å². The van der Waals surface area contributed by atoms with Crippen molar-refractivity contribution >= 4 is 17.5 Å². The smallest absolute Gasteiger partial charge is 0.355 e. The van der Waals surface area contributed by atoms with Crippen molar-refractivity contribution in [2.75, 3.05) is 11.9 Å². The average molecular weight is 350 g/mol. The van der Waals surface area contributed by atoms with Crippen molar-refractivity contribution in [3.63, 3.8) is 0 Å². The van der Waals surface area contributed by atoms with E-state index in [4.69, 9.17) is 0 Å². The maximum absolute atomic E-state index is 12.5. The van der Waals surface area contributed by atoms with Gasteiger partial charge >= 0.3 is 6.18 Å². The molecule has 0 aliphatic heterocycles. The molecular weight excluding hydrogens is 333 g/mol. The topological polar surface area (TPSA) is 58.2 Å². The van der Waals surface area contributed by atoms with Crippen molar-refractivity contribution in [2.24, 2.45) is 0 Å². The van der Waals surface area contributed by atoms with Gasteiger partial charge in [-0.25, -0.2) is 0 Å². The van der Waals surface area contributed by atoms with Gasteiger partial charge in [-0.15, -0.1) is 0 Å². The number of carbonyl (C=O) groups is 2. The Hall–Kier alpha value is -2.83. The highest BCUT2D eigenvalue weighted by molar-refractivity contribution is 6.03. The van der Waals surface area contributed by atoms with Crippen LogP contribution in [0.4, 0.5) is 18.9 Å². The number of hydrogen-bond donors (Lipinski definition) is 2. The third-order valence-corrected chi connectivity index (χ3v) is 3.40. The first-order chi connectivity index (χ1) is 11.8. The van der Waals surface area contributed by atoms with Crippen LogP contribution in [0.2, 0.25) is 0 Å². The summed E-state index contributed by atoms with van der Waals surface area (Å²) in [5.74, 6) is -1.03. The highest BCUT2D eigenvalue weighted by atomic mass is 19.4. The summed E-state index contributed by atoms with van der Waals surface area (Å²) in [5, 5.41) is 5.02. The fraction of sp³-hybridized carbons (Fsp3) is 0.222. The first-order valence-electron chi connectivity index (χ1n) is 7.62. The molecule has 2 amide bonds. The van der Waals surface area contributed by atoms with Crippen molar-refractivity contribution in [2.45, 2.75) is 19.0 Å². The van der Waals surface area contributed by atoms with Gasteiger partial charge in [0.1, 0.15) is 6.42 Å². The van der Waals surface area contributed by atoms with Crippen LogP contribution in [-0.2, 0) is 22.2 Å². The molecule has 0 radical (unpaired) electrons. The molecule has 25 heavy (non-hydrogen) atoms. The number of nitrogens with one attached hydrogen (secondary N) is 2. The normalized spacial score (nSPS) is 11.0. The zero-order valence-electron chi connectivity index (χ0n) is 13.3. The number of anilines is 1. The first kappa shape index (κ1) is 18.5. The van der Waals surface area contributed by atoms with E-state index in [2.05, 4.69) is 10.6 Å². The molecule has 0 aliphatic rings. The standard InChI is InChI=1S/C18H17F3N2O2/c19-18(20,21)14-6-8-15(9-7-14)23-17(25)12-16(24)22-11-10-13-4-2-1-3-5-13/h1-9H,10-12H2,(H,22,24)(H,23,25). The van der Waals surface area contributed by atoms with Gasteiger partial charge in [-0.1, -0.05) is 30.3 Å². The van der Waals surface area contributed by atoms with E-state index in [1.54, 1.807) is 0 Å². The van der Waals surface area contributed by atoms with E-state index in [1.165, 1.54) is 0 Å². The van der Waals surface area contributed by atoms with Gasteiger partial charge in [0.25, 0.3) is 0 Å². The van der Waals surface area contributed by atoms with Crippen molar-refractivity contribution in [3.8, 4) is 0 Å². The average Bonchev–Trinajstić information content (AvgIpc) is 2.55. The highest BCUT2D eigenvalue weighted by Gasteiger charge is 2.29. The summed E-state index contributed by atoms with van der Waals surface area (Å²) in [5.41, 5.74) is 0.469.